The molecule has 1 aliphatic carbocycles. The summed E-state index contributed by atoms with van der Waals surface area (Å²) in [6.07, 6.45) is 4.24. The molecule has 0 radical (unpaired) electrons. The number of benzene rings is 1. The van der Waals surface area contributed by atoms with Gasteiger partial charge in [-0.3, -0.25) is 9.59 Å². The summed E-state index contributed by atoms with van der Waals surface area (Å²) in [5.41, 5.74) is 1.04. The van der Waals surface area contributed by atoms with Crippen molar-refractivity contribution in [1.82, 2.24) is 5.32 Å². The number of hydrogen-bond acceptors (Lipinski definition) is 2. The topological polar surface area (TPSA) is 58.2 Å². The number of aryl methyl sites for hydroxylation is 1. The number of rotatable bonds is 2. The van der Waals surface area contributed by atoms with Gasteiger partial charge in [-0.25, -0.2) is 4.39 Å². The third-order valence-electron chi connectivity index (χ3n) is 4.07. The van der Waals surface area contributed by atoms with Crippen molar-refractivity contribution in [3.05, 3.63) is 29.6 Å². The monoisotopic (exact) mass is 292 g/mol. The molecular weight excluding hydrogens is 271 g/mol. The predicted octanol–water partition coefficient (Wildman–Crippen LogP) is 2.77. The minimum Gasteiger partial charge on any atom is -0.345 e. The second kappa shape index (κ2) is 6.70. The van der Waals surface area contributed by atoms with Gasteiger partial charge >= 0.3 is 11.8 Å². The Morgan fingerprint density at radius 3 is 2.57 bits per heavy atom. The molecule has 0 aliphatic heterocycles. The van der Waals surface area contributed by atoms with Gasteiger partial charge in [0.15, 0.2) is 0 Å². The quantitative estimate of drug-likeness (QED) is 0.823. The van der Waals surface area contributed by atoms with Crippen molar-refractivity contribution >= 4 is 17.5 Å². The molecule has 1 aromatic rings. The summed E-state index contributed by atoms with van der Waals surface area (Å²) in [5, 5.41) is 5.32. The Morgan fingerprint density at radius 1 is 1.19 bits per heavy atom. The smallest absolute Gasteiger partial charge is 0.313 e. The zero-order valence-corrected chi connectivity index (χ0v) is 12.4. The Morgan fingerprint density at radius 2 is 1.90 bits per heavy atom. The summed E-state index contributed by atoms with van der Waals surface area (Å²) in [5.74, 6) is -1.31. The molecule has 0 heterocycles. The maximum atomic E-state index is 13.0. The number of halogens is 1. The lowest BCUT2D eigenvalue weighted by Crippen LogP contribution is -2.45. The van der Waals surface area contributed by atoms with Crippen LogP contribution in [0.2, 0.25) is 0 Å². The van der Waals surface area contributed by atoms with E-state index in [0.29, 0.717) is 17.2 Å². The highest BCUT2D eigenvalue weighted by Crippen LogP contribution is 2.23. The van der Waals surface area contributed by atoms with Crippen LogP contribution in [0.5, 0.6) is 0 Å². The normalized spacial score (nSPS) is 21.7. The molecule has 0 unspecified atom stereocenters. The van der Waals surface area contributed by atoms with Crippen LogP contribution in [0, 0.1) is 18.7 Å². The fourth-order valence-corrected chi connectivity index (χ4v) is 2.71. The maximum Gasteiger partial charge on any atom is 0.313 e. The lowest BCUT2D eigenvalue weighted by molar-refractivity contribution is -0.137. The van der Waals surface area contributed by atoms with E-state index in [-0.39, 0.29) is 11.9 Å². The highest BCUT2D eigenvalue weighted by molar-refractivity contribution is 6.39. The number of anilines is 1. The van der Waals surface area contributed by atoms with Gasteiger partial charge in [0.2, 0.25) is 0 Å². The van der Waals surface area contributed by atoms with Gasteiger partial charge in [-0.2, -0.15) is 0 Å². The molecule has 0 bridgehead atoms. The van der Waals surface area contributed by atoms with E-state index in [1.165, 1.54) is 24.6 Å². The molecule has 0 spiro atoms. The molecule has 1 aromatic carbocycles. The van der Waals surface area contributed by atoms with Gasteiger partial charge in [-0.05, 0) is 49.4 Å². The molecule has 4 nitrogen and oxygen atoms in total. The van der Waals surface area contributed by atoms with Crippen molar-refractivity contribution in [1.29, 1.82) is 0 Å². The largest absolute Gasteiger partial charge is 0.345 e. The average molecular weight is 292 g/mol. The van der Waals surface area contributed by atoms with Gasteiger partial charge in [0.25, 0.3) is 0 Å². The van der Waals surface area contributed by atoms with Crippen molar-refractivity contribution in [2.24, 2.45) is 5.92 Å². The van der Waals surface area contributed by atoms with E-state index in [1.807, 2.05) is 0 Å². The molecule has 0 aromatic heterocycles. The van der Waals surface area contributed by atoms with Gasteiger partial charge in [0, 0.05) is 11.7 Å². The number of carbonyl (C=O) groups excluding carboxylic acids is 2. The van der Waals surface area contributed by atoms with Crippen molar-refractivity contribution < 1.29 is 14.0 Å². The first-order valence-electron chi connectivity index (χ1n) is 7.35. The van der Waals surface area contributed by atoms with Crippen molar-refractivity contribution in [3.8, 4) is 0 Å². The van der Waals surface area contributed by atoms with Crippen LogP contribution in [0.3, 0.4) is 0 Å². The van der Waals surface area contributed by atoms with Crippen LogP contribution in [-0.2, 0) is 9.59 Å². The molecular formula is C16H21FN2O2. The second-order valence-electron chi connectivity index (χ2n) is 5.76. The lowest BCUT2D eigenvalue weighted by Gasteiger charge is -2.29. The van der Waals surface area contributed by atoms with Crippen LogP contribution < -0.4 is 10.6 Å². The first kappa shape index (κ1) is 15.5. The second-order valence-corrected chi connectivity index (χ2v) is 5.76. The molecule has 2 atom stereocenters. The molecule has 2 rings (SSSR count). The summed E-state index contributed by atoms with van der Waals surface area (Å²) in [4.78, 5) is 23.9. The fraction of sp³-hybridized carbons (Fsp3) is 0.500. The van der Waals surface area contributed by atoms with E-state index in [1.54, 1.807) is 6.92 Å². The van der Waals surface area contributed by atoms with E-state index in [9.17, 15) is 14.0 Å². The average Bonchev–Trinajstić information content (AvgIpc) is 2.44. The van der Waals surface area contributed by atoms with E-state index < -0.39 is 11.8 Å². The first-order valence-corrected chi connectivity index (χ1v) is 7.35. The minimum absolute atomic E-state index is 0.0614. The van der Waals surface area contributed by atoms with Crippen LogP contribution in [0.25, 0.3) is 0 Å². The van der Waals surface area contributed by atoms with E-state index in [2.05, 4.69) is 17.6 Å². The van der Waals surface area contributed by atoms with Crippen LogP contribution in [0.1, 0.15) is 38.2 Å². The van der Waals surface area contributed by atoms with Gasteiger partial charge in [0.05, 0.1) is 0 Å². The van der Waals surface area contributed by atoms with Gasteiger partial charge < -0.3 is 10.6 Å². The Balaban J connectivity index is 1.94. The summed E-state index contributed by atoms with van der Waals surface area (Å²) < 4.78 is 13.0. The Hall–Kier alpha value is -1.91. The summed E-state index contributed by atoms with van der Waals surface area (Å²) in [6, 6.07) is 4.09. The molecule has 114 valence electrons. The number of nitrogens with one attached hydrogen (secondary N) is 2. The van der Waals surface area contributed by atoms with Crippen molar-refractivity contribution in [3.63, 3.8) is 0 Å². The van der Waals surface area contributed by atoms with E-state index >= 15 is 0 Å². The first-order chi connectivity index (χ1) is 9.97. The highest BCUT2D eigenvalue weighted by Gasteiger charge is 2.25. The zero-order chi connectivity index (χ0) is 15.4. The SMILES string of the molecule is Cc1cc(F)ccc1NC(=O)C(=O)N[C@H]1CCCC[C@H]1C. The Bertz CT molecular complexity index is 545. The predicted molar refractivity (Wildman–Crippen MR) is 79.3 cm³/mol. The van der Waals surface area contributed by atoms with E-state index in [0.717, 1.165) is 19.3 Å². The molecule has 21 heavy (non-hydrogen) atoms. The Labute approximate surface area is 124 Å². The van der Waals surface area contributed by atoms with Gasteiger partial charge in [-0.15, -0.1) is 0 Å². The molecule has 1 aliphatic rings. The summed E-state index contributed by atoms with van der Waals surface area (Å²) in [7, 11) is 0. The number of carbonyl (C=O) groups is 2. The lowest BCUT2D eigenvalue weighted by atomic mass is 9.86. The summed E-state index contributed by atoms with van der Waals surface area (Å²) in [6.45, 7) is 3.77. The standard InChI is InChI=1S/C16H21FN2O2/c1-10-5-3-4-6-13(10)18-15(20)16(21)19-14-8-7-12(17)9-11(14)2/h7-10,13H,3-6H2,1-2H3,(H,18,20)(H,19,21)/t10-,13+/m1/s1. The van der Waals surface area contributed by atoms with Crippen molar-refractivity contribution in [2.45, 2.75) is 45.6 Å². The maximum absolute atomic E-state index is 13.0. The number of amides is 2. The van der Waals surface area contributed by atoms with Gasteiger partial charge in [0.1, 0.15) is 5.82 Å². The summed E-state index contributed by atoms with van der Waals surface area (Å²) >= 11 is 0. The molecule has 0 saturated heterocycles. The molecule has 1 saturated carbocycles. The third kappa shape index (κ3) is 4.03. The van der Waals surface area contributed by atoms with E-state index in [4.69, 9.17) is 0 Å². The van der Waals surface area contributed by atoms with Crippen LogP contribution >= 0.6 is 0 Å². The van der Waals surface area contributed by atoms with Crippen LogP contribution in [0.4, 0.5) is 10.1 Å². The molecule has 1 fully saturated rings. The van der Waals surface area contributed by atoms with Gasteiger partial charge in [-0.1, -0.05) is 19.8 Å². The number of hydrogen-bond donors (Lipinski definition) is 2. The van der Waals surface area contributed by atoms with Crippen LogP contribution in [0.15, 0.2) is 18.2 Å². The molecule has 5 heteroatoms. The molecule has 2 N–H and O–H groups in total. The van der Waals surface area contributed by atoms with Crippen LogP contribution in [-0.4, -0.2) is 17.9 Å². The molecule has 2 amide bonds. The third-order valence-corrected chi connectivity index (χ3v) is 4.07. The van der Waals surface area contributed by atoms with Crippen molar-refractivity contribution in [2.75, 3.05) is 5.32 Å². The minimum atomic E-state index is -0.706. The fourth-order valence-electron chi connectivity index (χ4n) is 2.71. The highest BCUT2D eigenvalue weighted by atomic mass is 19.1. The Kier molecular flexibility index (Phi) is 4.94. The zero-order valence-electron chi connectivity index (χ0n) is 12.4.